The number of allylic oxidation sites excluding steroid dienone is 2. The average molecular weight is 134 g/mol. The Kier molecular flexibility index (Phi) is 9.46. The van der Waals surface area contributed by atoms with Gasteiger partial charge < -0.3 is 0 Å². The molecule has 9 heavy (non-hydrogen) atoms. The summed E-state index contributed by atoms with van der Waals surface area (Å²) in [4.78, 5) is 0. The Morgan fingerprint density at radius 3 is 2.56 bits per heavy atom. The molecule has 0 saturated carbocycles. The molecule has 0 heterocycles. The molecule has 0 aliphatic carbocycles. The van der Waals surface area contributed by atoms with Crippen molar-refractivity contribution in [1.29, 1.82) is 0 Å². The Morgan fingerprint density at radius 1 is 1.22 bits per heavy atom. The van der Waals surface area contributed by atoms with Gasteiger partial charge in [0.2, 0.25) is 0 Å². The quantitative estimate of drug-likeness (QED) is 0.308. The summed E-state index contributed by atoms with van der Waals surface area (Å²) < 4.78 is 1.33. The molecule has 0 aliphatic rings. The van der Waals surface area contributed by atoms with Gasteiger partial charge in [0.05, 0.1) is 0 Å². The predicted molar refractivity (Wildman–Crippen MR) is 43.8 cm³/mol. The molecular formula is C8H15Na. The second kappa shape index (κ2) is 8.74. The van der Waals surface area contributed by atoms with Crippen LogP contribution in [-0.2, 0) is 0 Å². The number of hydrogen-bond acceptors (Lipinski definition) is 0. The van der Waals surface area contributed by atoms with Gasteiger partial charge in [0.1, 0.15) is 0 Å². The molecule has 0 aromatic carbocycles. The van der Waals surface area contributed by atoms with E-state index in [9.17, 15) is 0 Å². The summed E-state index contributed by atoms with van der Waals surface area (Å²) in [6, 6.07) is 0. The van der Waals surface area contributed by atoms with Gasteiger partial charge in [0.15, 0.2) is 0 Å². The molecule has 0 N–H and O–H groups in total. The van der Waals surface area contributed by atoms with E-state index in [1.165, 1.54) is 57.3 Å². The minimum absolute atomic E-state index is 1.30. The molecule has 1 heteroatoms. The molecule has 0 bridgehead atoms. The zero-order valence-electron chi connectivity index (χ0n) is 6.69. The molecule has 0 saturated heterocycles. The molecular weight excluding hydrogens is 119 g/mol. The van der Waals surface area contributed by atoms with E-state index in [1.807, 2.05) is 0 Å². The summed E-state index contributed by atoms with van der Waals surface area (Å²) in [6.07, 6.45) is 10.1. The molecule has 0 fully saturated rings. The first-order chi connectivity index (χ1) is 4.41. The third-order valence-corrected chi connectivity index (χ3v) is 1.85. The van der Waals surface area contributed by atoms with Crippen LogP contribution in [-0.4, -0.2) is 27.9 Å². The van der Waals surface area contributed by atoms with Gasteiger partial charge in [-0.1, -0.05) is 0 Å². The molecule has 0 nitrogen and oxygen atoms in total. The van der Waals surface area contributed by atoms with Gasteiger partial charge in [-0.05, 0) is 0 Å². The van der Waals surface area contributed by atoms with Crippen LogP contribution in [0, 0.1) is 0 Å². The molecule has 0 unspecified atom stereocenters. The van der Waals surface area contributed by atoms with E-state index in [1.54, 1.807) is 0 Å². The molecule has 0 aromatic heterocycles. The van der Waals surface area contributed by atoms with Crippen LogP contribution in [0.3, 0.4) is 0 Å². The van der Waals surface area contributed by atoms with Crippen molar-refractivity contribution in [1.82, 2.24) is 0 Å². The summed E-state index contributed by atoms with van der Waals surface area (Å²) in [5, 5.41) is 0. The van der Waals surface area contributed by atoms with Gasteiger partial charge in [0, 0.05) is 0 Å². The average Bonchev–Trinajstić information content (AvgIpc) is 1.89. The normalized spacial score (nSPS) is 11.0. The number of rotatable bonds is 5. The van der Waals surface area contributed by atoms with Crippen molar-refractivity contribution in [2.45, 2.75) is 36.3 Å². The van der Waals surface area contributed by atoms with E-state index in [0.29, 0.717) is 0 Å². The second-order valence-corrected chi connectivity index (χ2v) is 3.19. The van der Waals surface area contributed by atoms with Crippen molar-refractivity contribution in [2.24, 2.45) is 0 Å². The van der Waals surface area contributed by atoms with Gasteiger partial charge in [-0.25, -0.2) is 0 Å². The molecule has 0 rings (SSSR count). The summed E-state index contributed by atoms with van der Waals surface area (Å²) in [7, 11) is 0. The molecule has 48 valence electrons. The standard InChI is InChI=1S/C8H15.Na/c1-3-5-7-8-6-4-2;/h3,5H,1,4,6-8H2,2H3;. The van der Waals surface area contributed by atoms with E-state index in [2.05, 4.69) is 19.1 Å². The molecule has 0 spiro atoms. The Morgan fingerprint density at radius 2 is 2.00 bits per heavy atom. The van der Waals surface area contributed by atoms with Crippen molar-refractivity contribution in [3.63, 3.8) is 0 Å². The number of unbranched alkanes of at least 4 members (excludes halogenated alkanes) is 3. The van der Waals surface area contributed by atoms with Crippen LogP contribution in [0.1, 0.15) is 32.6 Å². The van der Waals surface area contributed by atoms with Gasteiger partial charge in [0.25, 0.3) is 0 Å². The van der Waals surface area contributed by atoms with Gasteiger partial charge >= 0.3 is 76.4 Å². The Labute approximate surface area is 76.1 Å². The Bertz CT molecular complexity index is 67.0. The van der Waals surface area contributed by atoms with Gasteiger partial charge in [-0.15, -0.1) is 0 Å². The summed E-state index contributed by atoms with van der Waals surface area (Å²) >= 11 is 1.32. The molecule has 0 radical (unpaired) electrons. The van der Waals surface area contributed by atoms with E-state index >= 15 is 0 Å². The van der Waals surface area contributed by atoms with Crippen LogP contribution < -0.4 is 0 Å². The first kappa shape index (κ1) is 9.74. The van der Waals surface area contributed by atoms with Crippen LogP contribution in [0.5, 0.6) is 0 Å². The Balaban J connectivity index is 2.82. The second-order valence-electron chi connectivity index (χ2n) is 2.38. The van der Waals surface area contributed by atoms with Crippen molar-refractivity contribution in [3.05, 3.63) is 12.2 Å². The third-order valence-electron chi connectivity index (χ3n) is 1.38. The van der Waals surface area contributed by atoms with Crippen molar-refractivity contribution in [2.75, 3.05) is 0 Å². The van der Waals surface area contributed by atoms with Gasteiger partial charge in [-0.3, -0.25) is 0 Å². The zero-order valence-corrected chi connectivity index (χ0v) is 8.69. The summed E-state index contributed by atoms with van der Waals surface area (Å²) in [5.74, 6) is 0. The topological polar surface area (TPSA) is 0 Å². The van der Waals surface area contributed by atoms with Crippen LogP contribution >= 0.6 is 0 Å². The van der Waals surface area contributed by atoms with Crippen LogP contribution in [0.2, 0.25) is 3.67 Å². The van der Waals surface area contributed by atoms with Crippen LogP contribution in [0.25, 0.3) is 0 Å². The van der Waals surface area contributed by atoms with Gasteiger partial charge in [-0.2, -0.15) is 0 Å². The van der Waals surface area contributed by atoms with Crippen LogP contribution in [0.4, 0.5) is 0 Å². The van der Waals surface area contributed by atoms with E-state index in [4.69, 9.17) is 0 Å². The van der Waals surface area contributed by atoms with Crippen molar-refractivity contribution >= 4 is 27.9 Å². The number of hydrogen-bond donors (Lipinski definition) is 0. The maximum absolute atomic E-state index is 2.32. The molecule has 0 atom stereocenters. The predicted octanol–water partition coefficient (Wildman–Crippen LogP) is 2.71. The fourth-order valence-electron chi connectivity index (χ4n) is 0.797. The summed E-state index contributed by atoms with van der Waals surface area (Å²) in [6.45, 7) is 2.25. The van der Waals surface area contributed by atoms with E-state index < -0.39 is 0 Å². The molecule has 0 aliphatic heterocycles. The third kappa shape index (κ3) is 8.74. The van der Waals surface area contributed by atoms with Crippen molar-refractivity contribution < 1.29 is 0 Å². The summed E-state index contributed by atoms with van der Waals surface area (Å²) in [5.41, 5.74) is 0. The molecule has 0 aromatic rings. The van der Waals surface area contributed by atoms with Crippen LogP contribution in [0.15, 0.2) is 12.2 Å². The minimum atomic E-state index is 1.30. The first-order valence-electron chi connectivity index (χ1n) is 4.06. The Hall–Kier alpha value is 0.740. The zero-order chi connectivity index (χ0) is 6.95. The SMILES string of the molecule is CCCCCC=C[CH2][Na]. The fraction of sp³-hybridized carbons (Fsp3) is 0.750. The fourth-order valence-corrected chi connectivity index (χ4v) is 1.13. The van der Waals surface area contributed by atoms with E-state index in [-0.39, 0.29) is 0 Å². The maximum atomic E-state index is 2.32. The van der Waals surface area contributed by atoms with E-state index in [0.717, 1.165) is 0 Å². The first-order valence-corrected chi connectivity index (χ1v) is 5.48. The van der Waals surface area contributed by atoms with Crippen molar-refractivity contribution in [3.8, 4) is 0 Å². The molecule has 0 amide bonds. The monoisotopic (exact) mass is 134 g/mol.